The first-order chi connectivity index (χ1) is 5.39. The van der Waals surface area contributed by atoms with Crippen LogP contribution in [-0.4, -0.2) is 17.1 Å². The molecule has 3 heteroatoms. The maximum Gasteiger partial charge on any atom is 0.320 e. The van der Waals surface area contributed by atoms with Crippen molar-refractivity contribution in [3.63, 3.8) is 0 Å². The van der Waals surface area contributed by atoms with Crippen molar-refractivity contribution in [2.24, 2.45) is 11.1 Å². The number of carbonyl (C=O) groups is 1. The predicted octanol–water partition coefficient (Wildman–Crippen LogP) is 1.61. The van der Waals surface area contributed by atoms with Crippen LogP contribution in [0.5, 0.6) is 0 Å². The van der Waals surface area contributed by atoms with Gasteiger partial charge in [-0.15, -0.1) is 0 Å². The number of carboxylic acid groups (broad SMARTS) is 1. The SMILES string of the molecule is CCC(C)(C)CC[C@H](N)C(=O)O. The van der Waals surface area contributed by atoms with E-state index in [0.717, 1.165) is 12.8 Å². The molecule has 0 aromatic heterocycles. The van der Waals surface area contributed by atoms with Crippen LogP contribution in [0.3, 0.4) is 0 Å². The lowest BCUT2D eigenvalue weighted by molar-refractivity contribution is -0.138. The Hall–Kier alpha value is -0.570. The Balaban J connectivity index is 3.75. The fraction of sp³-hybridized carbons (Fsp3) is 0.889. The predicted molar refractivity (Wildman–Crippen MR) is 48.9 cm³/mol. The van der Waals surface area contributed by atoms with Crippen molar-refractivity contribution < 1.29 is 9.90 Å². The summed E-state index contributed by atoms with van der Waals surface area (Å²) in [6.45, 7) is 6.36. The summed E-state index contributed by atoms with van der Waals surface area (Å²) < 4.78 is 0. The molecular formula is C9H19NO2. The van der Waals surface area contributed by atoms with E-state index in [2.05, 4.69) is 20.8 Å². The fourth-order valence-corrected chi connectivity index (χ4v) is 0.846. The van der Waals surface area contributed by atoms with Crippen LogP contribution in [0, 0.1) is 5.41 Å². The summed E-state index contributed by atoms with van der Waals surface area (Å²) in [7, 11) is 0. The van der Waals surface area contributed by atoms with Crippen molar-refractivity contribution in [1.29, 1.82) is 0 Å². The third-order valence-corrected chi connectivity index (χ3v) is 2.41. The highest BCUT2D eigenvalue weighted by molar-refractivity contribution is 5.72. The van der Waals surface area contributed by atoms with Crippen LogP contribution in [0.15, 0.2) is 0 Å². The van der Waals surface area contributed by atoms with Crippen molar-refractivity contribution in [1.82, 2.24) is 0 Å². The molecule has 0 spiro atoms. The van der Waals surface area contributed by atoms with E-state index in [1.165, 1.54) is 0 Å². The van der Waals surface area contributed by atoms with Gasteiger partial charge in [-0.1, -0.05) is 27.2 Å². The van der Waals surface area contributed by atoms with Crippen molar-refractivity contribution >= 4 is 5.97 Å². The van der Waals surface area contributed by atoms with Crippen LogP contribution < -0.4 is 5.73 Å². The van der Waals surface area contributed by atoms with E-state index in [1.54, 1.807) is 0 Å². The fourth-order valence-electron chi connectivity index (χ4n) is 0.846. The normalized spacial score (nSPS) is 14.3. The quantitative estimate of drug-likeness (QED) is 0.664. The Kier molecular flexibility index (Phi) is 4.24. The average molecular weight is 173 g/mol. The lowest BCUT2D eigenvalue weighted by Crippen LogP contribution is -2.31. The van der Waals surface area contributed by atoms with E-state index < -0.39 is 12.0 Å². The Morgan fingerprint density at radius 3 is 2.42 bits per heavy atom. The van der Waals surface area contributed by atoms with Gasteiger partial charge in [0.1, 0.15) is 6.04 Å². The summed E-state index contributed by atoms with van der Waals surface area (Å²) in [5.41, 5.74) is 5.59. The van der Waals surface area contributed by atoms with Gasteiger partial charge in [0.05, 0.1) is 0 Å². The summed E-state index contributed by atoms with van der Waals surface area (Å²) in [6, 6.07) is -0.698. The highest BCUT2D eigenvalue weighted by Gasteiger charge is 2.19. The molecule has 0 aliphatic rings. The van der Waals surface area contributed by atoms with Crippen LogP contribution in [0.4, 0.5) is 0 Å². The second kappa shape index (κ2) is 4.45. The van der Waals surface area contributed by atoms with Gasteiger partial charge in [0, 0.05) is 0 Å². The van der Waals surface area contributed by atoms with Gasteiger partial charge in [-0.3, -0.25) is 4.79 Å². The van der Waals surface area contributed by atoms with Crippen molar-refractivity contribution in [2.45, 2.75) is 46.1 Å². The van der Waals surface area contributed by atoms with Crippen LogP contribution in [0.1, 0.15) is 40.0 Å². The molecule has 3 nitrogen and oxygen atoms in total. The molecule has 0 saturated heterocycles. The van der Waals surface area contributed by atoms with Gasteiger partial charge in [-0.2, -0.15) is 0 Å². The molecule has 0 aromatic rings. The summed E-state index contributed by atoms with van der Waals surface area (Å²) in [6.07, 6.45) is 2.49. The molecule has 0 heterocycles. The van der Waals surface area contributed by atoms with Crippen molar-refractivity contribution in [2.75, 3.05) is 0 Å². The van der Waals surface area contributed by atoms with E-state index in [4.69, 9.17) is 10.8 Å². The molecule has 3 N–H and O–H groups in total. The minimum absolute atomic E-state index is 0.215. The molecule has 0 fully saturated rings. The molecule has 0 bridgehead atoms. The lowest BCUT2D eigenvalue weighted by Gasteiger charge is -2.23. The monoisotopic (exact) mass is 173 g/mol. The minimum Gasteiger partial charge on any atom is -0.480 e. The maximum atomic E-state index is 10.4. The van der Waals surface area contributed by atoms with Crippen molar-refractivity contribution in [3.8, 4) is 0 Å². The average Bonchev–Trinajstić information content (AvgIpc) is 2.00. The standard InChI is InChI=1S/C9H19NO2/c1-4-9(2,3)6-5-7(10)8(11)12/h7H,4-6,10H2,1-3H3,(H,11,12)/t7-/m0/s1. The van der Waals surface area contributed by atoms with Gasteiger partial charge in [0.15, 0.2) is 0 Å². The zero-order valence-corrected chi connectivity index (χ0v) is 8.13. The molecule has 0 saturated carbocycles. The highest BCUT2D eigenvalue weighted by Crippen LogP contribution is 2.26. The summed E-state index contributed by atoms with van der Waals surface area (Å²) >= 11 is 0. The Labute approximate surface area is 74.0 Å². The van der Waals surface area contributed by atoms with Crippen LogP contribution in [-0.2, 0) is 4.79 Å². The molecule has 0 rings (SSSR count). The van der Waals surface area contributed by atoms with Gasteiger partial charge < -0.3 is 10.8 Å². The Bertz CT molecular complexity index is 155. The third-order valence-electron chi connectivity index (χ3n) is 2.41. The van der Waals surface area contributed by atoms with E-state index in [1.807, 2.05) is 0 Å². The van der Waals surface area contributed by atoms with E-state index in [-0.39, 0.29) is 5.41 Å². The zero-order chi connectivity index (χ0) is 9.78. The van der Waals surface area contributed by atoms with Crippen LogP contribution >= 0.6 is 0 Å². The van der Waals surface area contributed by atoms with Gasteiger partial charge in [-0.25, -0.2) is 0 Å². The number of rotatable bonds is 5. The highest BCUT2D eigenvalue weighted by atomic mass is 16.4. The van der Waals surface area contributed by atoms with E-state index in [0.29, 0.717) is 6.42 Å². The molecule has 0 amide bonds. The van der Waals surface area contributed by atoms with E-state index >= 15 is 0 Å². The van der Waals surface area contributed by atoms with Crippen LogP contribution in [0.2, 0.25) is 0 Å². The topological polar surface area (TPSA) is 63.3 Å². The Morgan fingerprint density at radius 2 is 2.08 bits per heavy atom. The molecule has 0 aromatic carbocycles. The molecule has 0 aliphatic carbocycles. The molecule has 0 aliphatic heterocycles. The molecule has 72 valence electrons. The molecular weight excluding hydrogens is 154 g/mol. The summed E-state index contributed by atoms with van der Waals surface area (Å²) in [4.78, 5) is 10.4. The number of hydrogen-bond acceptors (Lipinski definition) is 2. The minimum atomic E-state index is -0.901. The van der Waals surface area contributed by atoms with Gasteiger partial charge in [-0.05, 0) is 18.3 Å². The zero-order valence-electron chi connectivity index (χ0n) is 8.13. The number of carboxylic acids is 1. The van der Waals surface area contributed by atoms with Gasteiger partial charge in [0.25, 0.3) is 0 Å². The van der Waals surface area contributed by atoms with Crippen molar-refractivity contribution in [3.05, 3.63) is 0 Å². The first-order valence-corrected chi connectivity index (χ1v) is 4.37. The summed E-state index contributed by atoms with van der Waals surface area (Å²) in [5.74, 6) is -0.901. The number of hydrogen-bond donors (Lipinski definition) is 2. The molecule has 0 radical (unpaired) electrons. The van der Waals surface area contributed by atoms with Crippen LogP contribution in [0.25, 0.3) is 0 Å². The summed E-state index contributed by atoms with van der Waals surface area (Å²) in [5, 5.41) is 8.53. The Morgan fingerprint density at radius 1 is 1.58 bits per heavy atom. The molecule has 0 unspecified atom stereocenters. The molecule has 12 heavy (non-hydrogen) atoms. The second-order valence-corrected chi connectivity index (χ2v) is 4.00. The smallest absolute Gasteiger partial charge is 0.320 e. The van der Waals surface area contributed by atoms with E-state index in [9.17, 15) is 4.79 Å². The third kappa shape index (κ3) is 4.34. The lowest BCUT2D eigenvalue weighted by atomic mass is 9.84. The number of nitrogens with two attached hydrogens (primary N) is 1. The van der Waals surface area contributed by atoms with Gasteiger partial charge in [0.2, 0.25) is 0 Å². The number of aliphatic carboxylic acids is 1. The largest absolute Gasteiger partial charge is 0.480 e. The second-order valence-electron chi connectivity index (χ2n) is 4.00. The molecule has 1 atom stereocenters. The van der Waals surface area contributed by atoms with Gasteiger partial charge >= 0.3 is 5.97 Å². The first-order valence-electron chi connectivity index (χ1n) is 4.37. The first kappa shape index (κ1) is 11.4. The maximum absolute atomic E-state index is 10.4.